The van der Waals surface area contributed by atoms with Gasteiger partial charge in [-0.05, 0) is 6.92 Å². The minimum Gasteiger partial charge on any atom is -0.396 e. The summed E-state index contributed by atoms with van der Waals surface area (Å²) in [6.07, 6.45) is -1.41. The third kappa shape index (κ3) is 1.75. The molecule has 0 amide bonds. The summed E-state index contributed by atoms with van der Waals surface area (Å²) in [5.74, 6) is -1.42. The fourth-order valence-corrected chi connectivity index (χ4v) is 1.91. The highest BCUT2D eigenvalue weighted by Crippen LogP contribution is 2.39. The molecule has 10 heteroatoms. The predicted octanol–water partition coefficient (Wildman–Crippen LogP) is -5.47. The predicted molar refractivity (Wildman–Crippen MR) is 59.6 cm³/mol. The minimum atomic E-state index is -2.98. The molecular weight excluding hydrogens is 246 g/mol. The van der Waals surface area contributed by atoms with Gasteiger partial charge in [0, 0.05) is 0 Å². The highest BCUT2D eigenvalue weighted by Gasteiger charge is 2.70. The van der Waals surface area contributed by atoms with Gasteiger partial charge in [-0.2, -0.15) is 0 Å². The molecule has 0 aromatic rings. The van der Waals surface area contributed by atoms with Gasteiger partial charge in [-0.1, -0.05) is 0 Å². The standard InChI is InChI=1S/C8H21N5O5/c1-5(10)7(12,16)8(13,17)6(11,15)3(2-14)4(9)18-5/h3-4,14-17H,2,9-13H2,1H3. The third-order valence-corrected chi connectivity index (χ3v) is 3.49. The Kier molecular flexibility index (Phi) is 3.52. The minimum absolute atomic E-state index is 0.778. The first-order valence-corrected chi connectivity index (χ1v) is 5.20. The van der Waals surface area contributed by atoms with Crippen LogP contribution in [0, 0.1) is 5.92 Å². The van der Waals surface area contributed by atoms with Crippen LogP contribution in [0.5, 0.6) is 0 Å². The maximum absolute atomic E-state index is 10.1. The van der Waals surface area contributed by atoms with E-state index in [1.54, 1.807) is 0 Å². The van der Waals surface area contributed by atoms with E-state index >= 15 is 0 Å². The van der Waals surface area contributed by atoms with E-state index in [4.69, 9.17) is 38.5 Å². The molecule has 1 aliphatic rings. The van der Waals surface area contributed by atoms with Crippen molar-refractivity contribution in [1.29, 1.82) is 0 Å². The monoisotopic (exact) mass is 267 g/mol. The Morgan fingerprint density at radius 1 is 1.06 bits per heavy atom. The van der Waals surface area contributed by atoms with Crippen molar-refractivity contribution >= 4 is 0 Å². The second kappa shape index (κ2) is 4.05. The average Bonchev–Trinajstić information content (AvgIpc) is 2.17. The van der Waals surface area contributed by atoms with Gasteiger partial charge in [-0.15, -0.1) is 0 Å². The molecule has 0 aliphatic carbocycles. The topological polar surface area (TPSA) is 220 Å². The zero-order valence-electron chi connectivity index (χ0n) is 9.95. The molecule has 0 spiro atoms. The Morgan fingerprint density at radius 3 is 1.89 bits per heavy atom. The van der Waals surface area contributed by atoms with Crippen LogP contribution in [-0.4, -0.2) is 56.2 Å². The number of rotatable bonds is 1. The van der Waals surface area contributed by atoms with Gasteiger partial charge in [0.1, 0.15) is 6.23 Å². The lowest BCUT2D eigenvalue weighted by Crippen LogP contribution is -2.86. The summed E-state index contributed by atoms with van der Waals surface area (Å²) in [6, 6.07) is 0. The maximum atomic E-state index is 10.1. The Bertz CT molecular complexity index is 332. The lowest BCUT2D eigenvalue weighted by Gasteiger charge is -2.49. The van der Waals surface area contributed by atoms with Gasteiger partial charge < -0.3 is 30.9 Å². The molecule has 0 aromatic heterocycles. The van der Waals surface area contributed by atoms with E-state index < -0.39 is 41.7 Å². The fraction of sp³-hybridized carbons (Fsp3) is 1.00. The van der Waals surface area contributed by atoms with Crippen molar-refractivity contribution in [2.75, 3.05) is 6.61 Å². The van der Waals surface area contributed by atoms with E-state index in [1.165, 1.54) is 0 Å². The molecule has 1 heterocycles. The molecule has 0 saturated carbocycles. The fourth-order valence-electron chi connectivity index (χ4n) is 1.91. The summed E-state index contributed by atoms with van der Waals surface area (Å²) in [5.41, 5.74) is 16.8. The molecule has 1 saturated heterocycles. The Hall–Kier alpha value is -0.400. The van der Waals surface area contributed by atoms with Crippen molar-refractivity contribution < 1.29 is 25.2 Å². The van der Waals surface area contributed by atoms with E-state index in [-0.39, 0.29) is 0 Å². The third-order valence-electron chi connectivity index (χ3n) is 3.49. The highest BCUT2D eigenvalue weighted by molar-refractivity contribution is 5.14. The van der Waals surface area contributed by atoms with E-state index in [0.717, 1.165) is 6.92 Å². The van der Waals surface area contributed by atoms with E-state index in [9.17, 15) is 15.3 Å². The van der Waals surface area contributed by atoms with E-state index in [2.05, 4.69) is 0 Å². The van der Waals surface area contributed by atoms with Crippen LogP contribution in [0.25, 0.3) is 0 Å². The summed E-state index contributed by atoms with van der Waals surface area (Å²) in [4.78, 5) is 0. The highest BCUT2D eigenvalue weighted by atomic mass is 16.6. The molecule has 10 nitrogen and oxygen atoms in total. The van der Waals surface area contributed by atoms with Gasteiger partial charge in [-0.3, -0.25) is 22.9 Å². The average molecular weight is 267 g/mol. The maximum Gasteiger partial charge on any atom is 0.204 e. The molecule has 108 valence electrons. The van der Waals surface area contributed by atoms with Crippen molar-refractivity contribution in [3.05, 3.63) is 0 Å². The number of nitrogens with two attached hydrogens (primary N) is 5. The lowest BCUT2D eigenvalue weighted by atomic mass is 9.79. The summed E-state index contributed by atoms with van der Waals surface area (Å²) >= 11 is 0. The van der Waals surface area contributed by atoms with Crippen molar-refractivity contribution in [2.24, 2.45) is 34.6 Å². The van der Waals surface area contributed by atoms with Crippen LogP contribution in [0.1, 0.15) is 6.92 Å². The molecular formula is C8H21N5O5. The normalized spacial score (nSPS) is 58.3. The summed E-state index contributed by atoms with van der Waals surface area (Å²) in [5, 5.41) is 39.4. The molecule has 6 atom stereocenters. The van der Waals surface area contributed by atoms with Gasteiger partial charge in [0.15, 0.2) is 11.4 Å². The largest absolute Gasteiger partial charge is 0.396 e. The molecule has 18 heavy (non-hydrogen) atoms. The molecule has 6 unspecified atom stereocenters. The molecule has 1 aliphatic heterocycles. The van der Waals surface area contributed by atoms with Crippen LogP contribution in [0.4, 0.5) is 0 Å². The molecule has 0 bridgehead atoms. The Morgan fingerprint density at radius 2 is 1.50 bits per heavy atom. The molecule has 14 N–H and O–H groups in total. The van der Waals surface area contributed by atoms with Crippen LogP contribution in [0.2, 0.25) is 0 Å². The molecule has 0 radical (unpaired) electrons. The van der Waals surface area contributed by atoms with Crippen LogP contribution in [0.3, 0.4) is 0 Å². The quantitative estimate of drug-likeness (QED) is 0.205. The SMILES string of the molecule is CC1(N)OC(N)C(CO)C(N)(O)C(N)(O)C1(N)O. The molecule has 0 aromatic carbocycles. The van der Waals surface area contributed by atoms with Crippen LogP contribution >= 0.6 is 0 Å². The van der Waals surface area contributed by atoms with Gasteiger partial charge in [0.2, 0.25) is 11.4 Å². The molecule has 1 rings (SSSR count). The number of aliphatic hydroxyl groups is 4. The van der Waals surface area contributed by atoms with Crippen molar-refractivity contribution in [3.63, 3.8) is 0 Å². The van der Waals surface area contributed by atoms with Crippen LogP contribution < -0.4 is 28.7 Å². The first-order chi connectivity index (χ1) is 7.83. The van der Waals surface area contributed by atoms with E-state index in [1.807, 2.05) is 0 Å². The summed E-state index contributed by atoms with van der Waals surface area (Å²) in [6.45, 7) is 0.320. The Labute approximate surface area is 103 Å². The zero-order chi connectivity index (χ0) is 14.6. The van der Waals surface area contributed by atoms with Crippen LogP contribution in [-0.2, 0) is 4.74 Å². The van der Waals surface area contributed by atoms with Gasteiger partial charge in [0.05, 0.1) is 12.5 Å². The van der Waals surface area contributed by atoms with Crippen molar-refractivity contribution in [2.45, 2.75) is 36.1 Å². The first kappa shape index (κ1) is 15.7. The molecule has 1 fully saturated rings. The smallest absolute Gasteiger partial charge is 0.204 e. The summed E-state index contributed by atoms with van der Waals surface area (Å²) in [7, 11) is 0. The van der Waals surface area contributed by atoms with Crippen molar-refractivity contribution in [3.8, 4) is 0 Å². The zero-order valence-corrected chi connectivity index (χ0v) is 9.95. The number of ether oxygens (including phenoxy) is 1. The Balaban J connectivity index is 3.46. The van der Waals surface area contributed by atoms with E-state index in [0.29, 0.717) is 0 Å². The van der Waals surface area contributed by atoms with Gasteiger partial charge >= 0.3 is 0 Å². The number of aliphatic hydroxyl groups excluding tert-OH is 1. The second-order valence-electron chi connectivity index (χ2n) is 4.84. The number of hydrogen-bond acceptors (Lipinski definition) is 10. The summed E-state index contributed by atoms with van der Waals surface area (Å²) < 4.78 is 5.03. The first-order valence-electron chi connectivity index (χ1n) is 5.20. The van der Waals surface area contributed by atoms with Crippen LogP contribution in [0.15, 0.2) is 0 Å². The lowest BCUT2D eigenvalue weighted by molar-refractivity contribution is -0.285. The van der Waals surface area contributed by atoms with Gasteiger partial charge in [-0.25, -0.2) is 0 Å². The number of hydrogen-bond donors (Lipinski definition) is 9. The van der Waals surface area contributed by atoms with Crippen molar-refractivity contribution in [1.82, 2.24) is 0 Å². The van der Waals surface area contributed by atoms with Gasteiger partial charge in [0.25, 0.3) is 0 Å². The second-order valence-corrected chi connectivity index (χ2v) is 4.84.